The molecule has 1 amide bonds. The van der Waals surface area contributed by atoms with E-state index in [0.29, 0.717) is 23.6 Å². The Morgan fingerprint density at radius 3 is 2.34 bits per heavy atom. The molecule has 0 radical (unpaired) electrons. The molecule has 4 rings (SSSR count). The third-order valence-electron chi connectivity index (χ3n) is 5.46. The summed E-state index contributed by atoms with van der Waals surface area (Å²) < 4.78 is 10.6. The van der Waals surface area contributed by atoms with Crippen LogP contribution < -0.4 is 19.7 Å². The van der Waals surface area contributed by atoms with Gasteiger partial charge in [-0.2, -0.15) is 11.8 Å². The molecule has 6 nitrogen and oxygen atoms in total. The van der Waals surface area contributed by atoms with Gasteiger partial charge in [0.2, 0.25) is 0 Å². The molecule has 166 valence electrons. The molecular weight excluding hydrogens is 422 g/mol. The first-order valence-electron chi connectivity index (χ1n) is 10.6. The molecule has 2 aromatic carbocycles. The SMILES string of the molecule is COc1ccc(CNC(=O)c2ccc(-c3ccc(N4CCSCC4)nc3)cc2)cc1OC. The van der Waals surface area contributed by atoms with Gasteiger partial charge in [-0.25, -0.2) is 4.98 Å². The van der Waals surface area contributed by atoms with Crippen LogP contribution in [0.2, 0.25) is 0 Å². The van der Waals surface area contributed by atoms with E-state index < -0.39 is 0 Å². The van der Waals surface area contributed by atoms with Gasteiger partial charge in [-0.05, 0) is 47.5 Å². The van der Waals surface area contributed by atoms with Gasteiger partial charge in [0.1, 0.15) is 5.82 Å². The van der Waals surface area contributed by atoms with Crippen LogP contribution in [0.5, 0.6) is 11.5 Å². The number of carbonyl (C=O) groups excluding carboxylic acids is 1. The van der Waals surface area contributed by atoms with E-state index in [0.717, 1.165) is 47.1 Å². The van der Waals surface area contributed by atoms with E-state index in [-0.39, 0.29) is 5.91 Å². The van der Waals surface area contributed by atoms with Gasteiger partial charge in [-0.1, -0.05) is 18.2 Å². The molecule has 0 spiro atoms. The summed E-state index contributed by atoms with van der Waals surface area (Å²) in [5.41, 5.74) is 3.63. The summed E-state index contributed by atoms with van der Waals surface area (Å²) in [6, 6.07) is 17.4. The Bertz CT molecular complexity index is 1050. The zero-order valence-electron chi connectivity index (χ0n) is 18.3. The normalized spacial score (nSPS) is 13.5. The average Bonchev–Trinajstić information content (AvgIpc) is 2.87. The molecule has 7 heteroatoms. The summed E-state index contributed by atoms with van der Waals surface area (Å²) in [6.45, 7) is 2.50. The van der Waals surface area contributed by atoms with Gasteiger partial charge >= 0.3 is 0 Å². The van der Waals surface area contributed by atoms with Crippen LogP contribution >= 0.6 is 11.8 Å². The van der Waals surface area contributed by atoms with Crippen molar-refractivity contribution in [1.82, 2.24) is 10.3 Å². The van der Waals surface area contributed by atoms with Crippen LogP contribution in [-0.4, -0.2) is 49.7 Å². The smallest absolute Gasteiger partial charge is 0.251 e. The maximum absolute atomic E-state index is 12.6. The number of nitrogens with one attached hydrogen (secondary N) is 1. The van der Waals surface area contributed by atoms with E-state index >= 15 is 0 Å². The standard InChI is InChI=1S/C25H27N3O3S/c1-30-22-9-3-18(15-23(22)31-2)16-27-25(29)20-6-4-19(5-7-20)21-8-10-24(26-17-21)28-11-13-32-14-12-28/h3-10,15,17H,11-14,16H2,1-2H3,(H,27,29). The number of hydrogen-bond donors (Lipinski definition) is 1. The third kappa shape index (κ3) is 5.16. The molecule has 0 saturated carbocycles. The lowest BCUT2D eigenvalue weighted by Crippen LogP contribution is -2.32. The first kappa shape index (κ1) is 22.0. The number of benzene rings is 2. The van der Waals surface area contributed by atoms with Crippen molar-refractivity contribution in [2.75, 3.05) is 43.7 Å². The van der Waals surface area contributed by atoms with E-state index in [1.165, 1.54) is 0 Å². The molecule has 1 fully saturated rings. The van der Waals surface area contributed by atoms with Gasteiger partial charge in [0.05, 0.1) is 14.2 Å². The minimum Gasteiger partial charge on any atom is -0.493 e. The fraction of sp³-hybridized carbons (Fsp3) is 0.280. The highest BCUT2D eigenvalue weighted by Crippen LogP contribution is 2.27. The van der Waals surface area contributed by atoms with Gasteiger partial charge < -0.3 is 19.7 Å². The number of rotatable bonds is 7. The highest BCUT2D eigenvalue weighted by molar-refractivity contribution is 7.99. The summed E-state index contributed by atoms with van der Waals surface area (Å²) in [5, 5.41) is 2.95. The number of pyridine rings is 1. The number of hydrogen-bond acceptors (Lipinski definition) is 6. The second kappa shape index (κ2) is 10.4. The molecule has 1 saturated heterocycles. The number of amides is 1. The highest BCUT2D eigenvalue weighted by Gasteiger charge is 2.13. The highest BCUT2D eigenvalue weighted by atomic mass is 32.2. The number of methoxy groups -OCH3 is 2. The van der Waals surface area contributed by atoms with Gasteiger partial charge in [0.25, 0.3) is 5.91 Å². The van der Waals surface area contributed by atoms with Crippen LogP contribution in [0.4, 0.5) is 5.82 Å². The van der Waals surface area contributed by atoms with Crippen molar-refractivity contribution in [2.45, 2.75) is 6.54 Å². The molecule has 1 aliphatic rings. The second-order valence-corrected chi connectivity index (χ2v) is 8.68. The molecule has 0 atom stereocenters. The molecule has 1 aromatic heterocycles. The maximum Gasteiger partial charge on any atom is 0.251 e. The van der Waals surface area contributed by atoms with Crippen molar-refractivity contribution in [3.05, 3.63) is 71.9 Å². The Balaban J connectivity index is 1.37. The van der Waals surface area contributed by atoms with Gasteiger partial charge in [-0.15, -0.1) is 0 Å². The van der Waals surface area contributed by atoms with Crippen molar-refractivity contribution in [1.29, 1.82) is 0 Å². The van der Waals surface area contributed by atoms with Crippen molar-refractivity contribution < 1.29 is 14.3 Å². The van der Waals surface area contributed by atoms with Crippen LogP contribution in [0.15, 0.2) is 60.8 Å². The molecule has 0 unspecified atom stereocenters. The Hall–Kier alpha value is -3.19. The number of nitrogens with zero attached hydrogens (tertiary/aromatic N) is 2. The largest absolute Gasteiger partial charge is 0.493 e. The number of aromatic nitrogens is 1. The molecule has 32 heavy (non-hydrogen) atoms. The lowest BCUT2D eigenvalue weighted by atomic mass is 10.1. The maximum atomic E-state index is 12.6. The van der Waals surface area contributed by atoms with Crippen molar-refractivity contribution in [2.24, 2.45) is 0 Å². The van der Waals surface area contributed by atoms with Gasteiger partial charge in [-0.3, -0.25) is 4.79 Å². The fourth-order valence-corrected chi connectivity index (χ4v) is 4.53. The second-order valence-electron chi connectivity index (χ2n) is 7.45. The van der Waals surface area contributed by atoms with Crippen LogP contribution in [-0.2, 0) is 6.54 Å². The van der Waals surface area contributed by atoms with Crippen LogP contribution in [0.25, 0.3) is 11.1 Å². The molecule has 2 heterocycles. The van der Waals surface area contributed by atoms with Crippen molar-refractivity contribution in [3.63, 3.8) is 0 Å². The van der Waals surface area contributed by atoms with Crippen LogP contribution in [0.1, 0.15) is 15.9 Å². The molecule has 1 aliphatic heterocycles. The predicted octanol–water partition coefficient (Wildman–Crippen LogP) is 4.25. The van der Waals surface area contributed by atoms with Crippen LogP contribution in [0, 0.1) is 0 Å². The predicted molar refractivity (Wildman–Crippen MR) is 130 cm³/mol. The Morgan fingerprint density at radius 2 is 1.69 bits per heavy atom. The molecule has 1 N–H and O–H groups in total. The van der Waals surface area contributed by atoms with Gasteiger partial charge in [0.15, 0.2) is 11.5 Å². The summed E-state index contributed by atoms with van der Waals surface area (Å²) >= 11 is 1.99. The van der Waals surface area contributed by atoms with Crippen molar-refractivity contribution in [3.8, 4) is 22.6 Å². The van der Waals surface area contributed by atoms with Gasteiger partial charge in [0, 0.05) is 48.5 Å². The lowest BCUT2D eigenvalue weighted by Gasteiger charge is -2.27. The molecule has 0 bridgehead atoms. The van der Waals surface area contributed by atoms with E-state index in [1.54, 1.807) is 14.2 Å². The average molecular weight is 450 g/mol. The Morgan fingerprint density at radius 1 is 0.969 bits per heavy atom. The quantitative estimate of drug-likeness (QED) is 0.582. The Kier molecular flexibility index (Phi) is 7.17. The summed E-state index contributed by atoms with van der Waals surface area (Å²) in [7, 11) is 3.19. The lowest BCUT2D eigenvalue weighted by molar-refractivity contribution is 0.0951. The monoisotopic (exact) mass is 449 g/mol. The van der Waals surface area contributed by atoms with E-state index in [1.807, 2.05) is 60.4 Å². The first-order valence-corrected chi connectivity index (χ1v) is 11.7. The summed E-state index contributed by atoms with van der Waals surface area (Å²) in [6.07, 6.45) is 1.91. The van der Waals surface area contributed by atoms with E-state index in [9.17, 15) is 4.79 Å². The summed E-state index contributed by atoms with van der Waals surface area (Å²) in [5.74, 6) is 4.51. The number of anilines is 1. The molecule has 0 aliphatic carbocycles. The molecular formula is C25H27N3O3S. The number of ether oxygens (including phenoxy) is 2. The summed E-state index contributed by atoms with van der Waals surface area (Å²) in [4.78, 5) is 19.5. The third-order valence-corrected chi connectivity index (χ3v) is 6.41. The first-order chi connectivity index (χ1) is 15.7. The zero-order valence-corrected chi connectivity index (χ0v) is 19.2. The number of thioether (sulfide) groups is 1. The minimum atomic E-state index is -0.122. The topological polar surface area (TPSA) is 63.7 Å². The minimum absolute atomic E-state index is 0.122. The Labute approximate surface area is 193 Å². The van der Waals surface area contributed by atoms with E-state index in [4.69, 9.17) is 9.47 Å². The number of carbonyl (C=O) groups is 1. The fourth-order valence-electron chi connectivity index (χ4n) is 3.63. The van der Waals surface area contributed by atoms with E-state index in [2.05, 4.69) is 27.3 Å². The van der Waals surface area contributed by atoms with Crippen molar-refractivity contribution >= 4 is 23.5 Å². The molecule has 3 aromatic rings. The van der Waals surface area contributed by atoms with Crippen LogP contribution in [0.3, 0.4) is 0 Å². The zero-order chi connectivity index (χ0) is 22.3.